The molecule has 2 saturated carbocycles. The van der Waals surface area contributed by atoms with Crippen LogP contribution in [0.5, 0.6) is 0 Å². The van der Waals surface area contributed by atoms with Gasteiger partial charge < -0.3 is 10.2 Å². The van der Waals surface area contributed by atoms with Crippen LogP contribution in [0.1, 0.15) is 64.2 Å². The van der Waals surface area contributed by atoms with Crippen LogP contribution in [0.25, 0.3) is 0 Å². The number of hydrogen-bond acceptors (Lipinski definition) is 4. The van der Waals surface area contributed by atoms with Gasteiger partial charge in [0.05, 0.1) is 17.9 Å². The number of likely N-dealkylation sites (tertiary alicyclic amines) is 1. The van der Waals surface area contributed by atoms with Crippen molar-refractivity contribution in [1.82, 2.24) is 4.90 Å². The molecule has 6 heteroatoms. The second-order valence-electron chi connectivity index (χ2n) is 7.64. The summed E-state index contributed by atoms with van der Waals surface area (Å²) in [5.74, 6) is -1.31. The summed E-state index contributed by atoms with van der Waals surface area (Å²) in [6.07, 6.45) is 6.80. The number of rotatable bonds is 5. The number of aliphatic carboxylic acids is 1. The maximum Gasteiger partial charge on any atom is 0.303 e. The third kappa shape index (κ3) is 3.34. The summed E-state index contributed by atoms with van der Waals surface area (Å²) >= 11 is 0. The van der Waals surface area contributed by atoms with Crippen molar-refractivity contribution in [1.29, 1.82) is 0 Å². The van der Waals surface area contributed by atoms with Crippen LogP contribution in [-0.2, 0) is 14.4 Å². The molecule has 2 amide bonds. The van der Waals surface area contributed by atoms with Gasteiger partial charge in [-0.3, -0.25) is 19.3 Å². The van der Waals surface area contributed by atoms with Crippen LogP contribution in [0.3, 0.4) is 0 Å². The van der Waals surface area contributed by atoms with Crippen molar-refractivity contribution in [2.24, 2.45) is 17.8 Å². The minimum absolute atomic E-state index is 0.0291. The molecule has 1 heterocycles. The average molecular weight is 337 g/mol. The summed E-state index contributed by atoms with van der Waals surface area (Å²) in [4.78, 5) is 37.4. The first-order chi connectivity index (χ1) is 11.5. The van der Waals surface area contributed by atoms with E-state index < -0.39 is 18.0 Å². The summed E-state index contributed by atoms with van der Waals surface area (Å²) < 4.78 is 0. The van der Waals surface area contributed by atoms with E-state index in [1.165, 1.54) is 4.90 Å². The molecule has 3 aliphatic rings. The first kappa shape index (κ1) is 17.4. The molecule has 2 aliphatic carbocycles. The van der Waals surface area contributed by atoms with E-state index in [-0.39, 0.29) is 30.2 Å². The summed E-state index contributed by atoms with van der Waals surface area (Å²) in [6.45, 7) is 0. The van der Waals surface area contributed by atoms with E-state index in [1.807, 2.05) is 0 Å². The number of aliphatic hydroxyl groups excluding tert-OH is 1. The normalized spacial score (nSPS) is 36.7. The van der Waals surface area contributed by atoms with Gasteiger partial charge in [0.1, 0.15) is 0 Å². The van der Waals surface area contributed by atoms with Gasteiger partial charge in [-0.2, -0.15) is 0 Å². The Bertz CT molecular complexity index is 512. The molecule has 3 unspecified atom stereocenters. The number of hydrogen-bond donors (Lipinski definition) is 2. The first-order valence-electron chi connectivity index (χ1n) is 9.25. The number of imide groups is 1. The van der Waals surface area contributed by atoms with Crippen molar-refractivity contribution in [2.75, 3.05) is 0 Å². The highest BCUT2D eigenvalue weighted by Crippen LogP contribution is 2.41. The molecular weight excluding hydrogens is 310 g/mol. The number of amides is 2. The van der Waals surface area contributed by atoms with Crippen LogP contribution in [0.2, 0.25) is 0 Å². The van der Waals surface area contributed by atoms with E-state index in [0.29, 0.717) is 25.2 Å². The van der Waals surface area contributed by atoms with Crippen molar-refractivity contribution in [3.05, 3.63) is 0 Å². The van der Waals surface area contributed by atoms with Crippen molar-refractivity contribution >= 4 is 17.8 Å². The largest absolute Gasteiger partial charge is 0.481 e. The second-order valence-corrected chi connectivity index (χ2v) is 7.64. The molecule has 0 aromatic rings. The third-order valence-corrected chi connectivity index (χ3v) is 6.12. The number of fused-ring (bicyclic) bond motifs is 1. The maximum atomic E-state index is 12.7. The van der Waals surface area contributed by atoms with Crippen molar-refractivity contribution in [3.8, 4) is 0 Å². The van der Waals surface area contributed by atoms with Gasteiger partial charge in [-0.05, 0) is 57.3 Å². The highest BCUT2D eigenvalue weighted by Gasteiger charge is 2.53. The van der Waals surface area contributed by atoms with Gasteiger partial charge in [-0.1, -0.05) is 6.42 Å². The minimum Gasteiger partial charge on any atom is -0.481 e. The maximum absolute atomic E-state index is 12.7. The smallest absolute Gasteiger partial charge is 0.303 e. The van der Waals surface area contributed by atoms with Crippen LogP contribution in [0.15, 0.2) is 0 Å². The summed E-state index contributed by atoms with van der Waals surface area (Å²) in [7, 11) is 0. The fourth-order valence-corrected chi connectivity index (χ4v) is 4.83. The zero-order valence-electron chi connectivity index (χ0n) is 14.0. The molecule has 1 aliphatic heterocycles. The number of carboxylic acid groups (broad SMARTS) is 1. The van der Waals surface area contributed by atoms with Gasteiger partial charge in [0.2, 0.25) is 11.8 Å². The molecule has 1 saturated heterocycles. The van der Waals surface area contributed by atoms with E-state index in [4.69, 9.17) is 5.11 Å². The van der Waals surface area contributed by atoms with Crippen LogP contribution in [-0.4, -0.2) is 45.0 Å². The van der Waals surface area contributed by atoms with E-state index in [1.54, 1.807) is 0 Å². The summed E-state index contributed by atoms with van der Waals surface area (Å²) in [5, 5.41) is 18.8. The van der Waals surface area contributed by atoms with Crippen molar-refractivity contribution in [3.63, 3.8) is 0 Å². The van der Waals surface area contributed by atoms with Gasteiger partial charge in [-0.15, -0.1) is 0 Å². The highest BCUT2D eigenvalue weighted by atomic mass is 16.4. The monoisotopic (exact) mass is 337 g/mol. The standard InChI is InChI=1S/C18H27NO5/c20-14-5-2-4-13-16(14)18(24)19(17(13)23)12-9-7-11(8-10-12)3-1-6-15(21)22/h11-14,16,20H,1-10H2,(H,21,22). The number of carbonyl (C=O) groups is 3. The fraction of sp³-hybridized carbons (Fsp3) is 0.833. The van der Waals surface area contributed by atoms with Crippen molar-refractivity contribution in [2.45, 2.75) is 76.4 Å². The third-order valence-electron chi connectivity index (χ3n) is 6.12. The molecule has 3 atom stereocenters. The molecule has 0 radical (unpaired) electrons. The average Bonchev–Trinajstić information content (AvgIpc) is 2.80. The molecule has 6 nitrogen and oxygen atoms in total. The minimum atomic E-state index is -0.752. The predicted molar refractivity (Wildman–Crippen MR) is 85.9 cm³/mol. The zero-order valence-corrected chi connectivity index (χ0v) is 14.0. The van der Waals surface area contributed by atoms with E-state index >= 15 is 0 Å². The van der Waals surface area contributed by atoms with E-state index in [2.05, 4.69) is 0 Å². The SMILES string of the molecule is O=C(O)CCCC1CCC(N2C(=O)C3CCCC(O)C3C2=O)CC1. The van der Waals surface area contributed by atoms with Crippen LogP contribution in [0.4, 0.5) is 0 Å². The summed E-state index contributed by atoms with van der Waals surface area (Å²) in [5.41, 5.74) is 0. The highest BCUT2D eigenvalue weighted by molar-refractivity contribution is 6.05. The fourth-order valence-electron chi connectivity index (χ4n) is 4.83. The molecular formula is C18H27NO5. The molecule has 3 rings (SSSR count). The lowest BCUT2D eigenvalue weighted by Gasteiger charge is -2.33. The zero-order chi connectivity index (χ0) is 17.3. The molecule has 0 aromatic heterocycles. The van der Waals surface area contributed by atoms with Crippen molar-refractivity contribution < 1.29 is 24.6 Å². The lowest BCUT2D eigenvalue weighted by atomic mass is 9.79. The number of carboxylic acids is 1. The molecule has 0 aromatic carbocycles. The Kier molecular flexibility index (Phi) is 5.23. The lowest BCUT2D eigenvalue weighted by molar-refractivity contribution is -0.144. The molecule has 0 spiro atoms. The second kappa shape index (κ2) is 7.21. The van der Waals surface area contributed by atoms with Gasteiger partial charge in [0.25, 0.3) is 0 Å². The van der Waals surface area contributed by atoms with Crippen LogP contribution in [0, 0.1) is 17.8 Å². The summed E-state index contributed by atoms with van der Waals surface area (Å²) in [6, 6.07) is -0.0291. The number of nitrogens with zero attached hydrogens (tertiary/aromatic N) is 1. The van der Waals surface area contributed by atoms with Crippen LogP contribution < -0.4 is 0 Å². The van der Waals surface area contributed by atoms with E-state index in [9.17, 15) is 19.5 Å². The Hall–Kier alpha value is -1.43. The quantitative estimate of drug-likeness (QED) is 0.748. The van der Waals surface area contributed by atoms with Gasteiger partial charge in [0, 0.05) is 12.5 Å². The molecule has 2 N–H and O–H groups in total. The molecule has 3 fully saturated rings. The Balaban J connectivity index is 1.55. The molecule has 0 bridgehead atoms. The van der Waals surface area contributed by atoms with Gasteiger partial charge in [-0.25, -0.2) is 0 Å². The Morgan fingerprint density at radius 3 is 2.38 bits per heavy atom. The van der Waals surface area contributed by atoms with Crippen LogP contribution >= 0.6 is 0 Å². The Morgan fingerprint density at radius 2 is 1.75 bits per heavy atom. The molecule has 134 valence electrons. The predicted octanol–water partition coefficient (Wildman–Crippen LogP) is 1.95. The van der Waals surface area contributed by atoms with E-state index in [0.717, 1.165) is 38.5 Å². The lowest BCUT2D eigenvalue weighted by Crippen LogP contribution is -2.43. The van der Waals surface area contributed by atoms with Gasteiger partial charge in [0.15, 0.2) is 0 Å². The Labute approximate surface area is 142 Å². The Morgan fingerprint density at radius 1 is 1.04 bits per heavy atom. The number of aliphatic hydroxyl groups is 1. The topological polar surface area (TPSA) is 94.9 Å². The molecule has 24 heavy (non-hydrogen) atoms. The first-order valence-corrected chi connectivity index (χ1v) is 9.25. The van der Waals surface area contributed by atoms with Gasteiger partial charge >= 0.3 is 5.97 Å². The number of carbonyl (C=O) groups excluding carboxylic acids is 2.